The molecule has 0 unspecified atom stereocenters. The zero-order valence-electron chi connectivity index (χ0n) is 11.5. The van der Waals surface area contributed by atoms with Crippen molar-refractivity contribution in [2.75, 3.05) is 18.5 Å². The molecule has 1 amide bonds. The van der Waals surface area contributed by atoms with E-state index in [-0.39, 0.29) is 19.1 Å². The lowest BCUT2D eigenvalue weighted by Crippen LogP contribution is -2.26. The molecule has 0 spiro atoms. The summed E-state index contributed by atoms with van der Waals surface area (Å²) >= 11 is 6.10. The van der Waals surface area contributed by atoms with Gasteiger partial charge in [0.1, 0.15) is 0 Å². The van der Waals surface area contributed by atoms with Crippen molar-refractivity contribution in [3.8, 4) is 0 Å². The monoisotopic (exact) mass is 304 g/mol. The molecule has 0 saturated carbocycles. The Morgan fingerprint density at radius 2 is 1.95 bits per heavy atom. The number of amides is 1. The van der Waals surface area contributed by atoms with E-state index in [0.29, 0.717) is 17.1 Å². The molecule has 0 aliphatic rings. The van der Waals surface area contributed by atoms with Gasteiger partial charge in [-0.25, -0.2) is 0 Å². The molecule has 0 saturated heterocycles. The largest absolute Gasteiger partial charge is 0.395 e. The third kappa shape index (κ3) is 4.48. The van der Waals surface area contributed by atoms with Gasteiger partial charge in [-0.2, -0.15) is 0 Å². The number of carbonyl (C=O) groups is 1. The van der Waals surface area contributed by atoms with Gasteiger partial charge in [-0.1, -0.05) is 35.9 Å². The molecular weight excluding hydrogens is 288 g/mol. The zero-order chi connectivity index (χ0) is 15.1. The van der Waals surface area contributed by atoms with Crippen molar-refractivity contribution in [1.82, 2.24) is 5.32 Å². The molecule has 0 aliphatic heterocycles. The fourth-order valence-electron chi connectivity index (χ4n) is 1.88. The third-order valence-corrected chi connectivity index (χ3v) is 3.33. The summed E-state index contributed by atoms with van der Waals surface area (Å²) in [5.41, 5.74) is 2.38. The lowest BCUT2D eigenvalue weighted by atomic mass is 10.1. The first-order chi connectivity index (χ1) is 10.2. The van der Waals surface area contributed by atoms with E-state index in [4.69, 9.17) is 16.7 Å². The maximum Gasteiger partial charge on any atom is 0.251 e. The Morgan fingerprint density at radius 3 is 2.71 bits per heavy atom. The molecule has 4 nitrogen and oxygen atoms in total. The summed E-state index contributed by atoms with van der Waals surface area (Å²) in [4.78, 5) is 11.8. The molecule has 2 aromatic carbocycles. The number of aliphatic hydroxyl groups excluding tert-OH is 1. The van der Waals surface area contributed by atoms with Crippen LogP contribution in [0.3, 0.4) is 0 Å². The van der Waals surface area contributed by atoms with Crippen molar-refractivity contribution < 1.29 is 9.90 Å². The second kappa shape index (κ2) is 7.67. The van der Waals surface area contributed by atoms with Crippen LogP contribution in [0.5, 0.6) is 0 Å². The summed E-state index contributed by atoms with van der Waals surface area (Å²) in [5.74, 6) is -0.203. The summed E-state index contributed by atoms with van der Waals surface area (Å²) in [6.07, 6.45) is 0. The standard InChI is InChI=1S/C16H17ClN2O2/c17-15-7-2-1-4-13(15)11-19-14-6-3-5-12(10-14)16(21)18-8-9-20/h1-7,10,19-20H,8-9,11H2,(H,18,21). The average molecular weight is 305 g/mol. The fourth-order valence-corrected chi connectivity index (χ4v) is 2.08. The molecule has 0 aliphatic carbocycles. The van der Waals surface area contributed by atoms with Gasteiger partial charge in [-0.15, -0.1) is 0 Å². The highest BCUT2D eigenvalue weighted by molar-refractivity contribution is 6.31. The number of hydrogen-bond acceptors (Lipinski definition) is 3. The van der Waals surface area contributed by atoms with Gasteiger partial charge in [0.05, 0.1) is 6.61 Å². The first-order valence-electron chi connectivity index (χ1n) is 6.67. The van der Waals surface area contributed by atoms with Crippen molar-refractivity contribution in [2.45, 2.75) is 6.54 Å². The molecule has 2 rings (SSSR count). The van der Waals surface area contributed by atoms with Crippen LogP contribution in [0.15, 0.2) is 48.5 Å². The maximum absolute atomic E-state index is 11.8. The average Bonchev–Trinajstić information content (AvgIpc) is 2.52. The van der Waals surface area contributed by atoms with Gasteiger partial charge in [-0.05, 0) is 29.8 Å². The van der Waals surface area contributed by atoms with E-state index < -0.39 is 0 Å². The van der Waals surface area contributed by atoms with Crippen LogP contribution >= 0.6 is 11.6 Å². The number of rotatable bonds is 6. The minimum Gasteiger partial charge on any atom is -0.395 e. The molecule has 21 heavy (non-hydrogen) atoms. The summed E-state index contributed by atoms with van der Waals surface area (Å²) < 4.78 is 0. The molecule has 0 atom stereocenters. The topological polar surface area (TPSA) is 61.4 Å². The van der Waals surface area contributed by atoms with Crippen LogP contribution in [0.25, 0.3) is 0 Å². The summed E-state index contributed by atoms with van der Waals surface area (Å²) in [6.45, 7) is 0.758. The quantitative estimate of drug-likeness (QED) is 0.769. The number of aliphatic hydroxyl groups is 1. The van der Waals surface area contributed by atoms with Crippen molar-refractivity contribution in [1.29, 1.82) is 0 Å². The first-order valence-corrected chi connectivity index (χ1v) is 7.05. The van der Waals surface area contributed by atoms with E-state index >= 15 is 0 Å². The number of nitrogens with one attached hydrogen (secondary N) is 2. The van der Waals surface area contributed by atoms with E-state index in [0.717, 1.165) is 11.3 Å². The molecule has 0 radical (unpaired) electrons. The van der Waals surface area contributed by atoms with Crippen LogP contribution in [0.4, 0.5) is 5.69 Å². The second-order valence-corrected chi connectivity index (χ2v) is 4.91. The molecule has 5 heteroatoms. The molecule has 0 fully saturated rings. The predicted molar refractivity (Wildman–Crippen MR) is 84.6 cm³/mol. The van der Waals surface area contributed by atoms with Crippen LogP contribution in [0, 0.1) is 0 Å². The van der Waals surface area contributed by atoms with Crippen molar-refractivity contribution in [3.63, 3.8) is 0 Å². The van der Waals surface area contributed by atoms with Crippen molar-refractivity contribution >= 4 is 23.2 Å². The van der Waals surface area contributed by atoms with Crippen LogP contribution in [-0.2, 0) is 6.54 Å². The van der Waals surface area contributed by atoms with Crippen molar-refractivity contribution in [3.05, 3.63) is 64.7 Å². The van der Waals surface area contributed by atoms with E-state index in [9.17, 15) is 4.79 Å². The van der Waals surface area contributed by atoms with Crippen LogP contribution in [0.2, 0.25) is 5.02 Å². The van der Waals surface area contributed by atoms with Gasteiger partial charge in [0.25, 0.3) is 5.91 Å². The minimum absolute atomic E-state index is 0.0732. The molecule has 0 bridgehead atoms. The highest BCUT2D eigenvalue weighted by atomic mass is 35.5. The van der Waals surface area contributed by atoms with E-state index in [1.165, 1.54) is 0 Å². The van der Waals surface area contributed by atoms with Gasteiger partial charge >= 0.3 is 0 Å². The molecule has 110 valence electrons. The zero-order valence-corrected chi connectivity index (χ0v) is 12.2. The second-order valence-electron chi connectivity index (χ2n) is 4.51. The molecule has 0 aromatic heterocycles. The number of anilines is 1. The van der Waals surface area contributed by atoms with E-state index in [2.05, 4.69) is 10.6 Å². The molecule has 0 heterocycles. The number of carbonyl (C=O) groups excluding carboxylic acids is 1. The Morgan fingerprint density at radius 1 is 1.14 bits per heavy atom. The summed E-state index contributed by atoms with van der Waals surface area (Å²) in [7, 11) is 0. The summed E-state index contributed by atoms with van der Waals surface area (Å²) in [5, 5.41) is 15.3. The lowest BCUT2D eigenvalue weighted by molar-refractivity contribution is 0.0945. The van der Waals surface area contributed by atoms with Gasteiger partial charge in [0.2, 0.25) is 0 Å². The SMILES string of the molecule is O=C(NCCO)c1cccc(NCc2ccccc2Cl)c1. The Balaban J connectivity index is 2.01. The van der Waals surface area contributed by atoms with Gasteiger partial charge in [0, 0.05) is 29.4 Å². The predicted octanol–water partition coefficient (Wildman–Crippen LogP) is 2.67. The van der Waals surface area contributed by atoms with Gasteiger partial charge < -0.3 is 15.7 Å². The Kier molecular flexibility index (Phi) is 5.60. The Hall–Kier alpha value is -2.04. The number of halogens is 1. The van der Waals surface area contributed by atoms with E-state index in [1.54, 1.807) is 12.1 Å². The normalized spacial score (nSPS) is 10.2. The van der Waals surface area contributed by atoms with Crippen LogP contribution in [0.1, 0.15) is 15.9 Å². The van der Waals surface area contributed by atoms with Crippen molar-refractivity contribution in [2.24, 2.45) is 0 Å². The lowest BCUT2D eigenvalue weighted by Gasteiger charge is -2.09. The van der Waals surface area contributed by atoms with Crippen LogP contribution in [-0.4, -0.2) is 24.2 Å². The van der Waals surface area contributed by atoms with Crippen LogP contribution < -0.4 is 10.6 Å². The minimum atomic E-state index is -0.203. The summed E-state index contributed by atoms with van der Waals surface area (Å²) in [6, 6.07) is 14.8. The fraction of sp³-hybridized carbons (Fsp3) is 0.188. The highest BCUT2D eigenvalue weighted by Gasteiger charge is 2.05. The van der Waals surface area contributed by atoms with Gasteiger partial charge in [-0.3, -0.25) is 4.79 Å². The Bertz CT molecular complexity index is 617. The third-order valence-electron chi connectivity index (χ3n) is 2.96. The van der Waals surface area contributed by atoms with Gasteiger partial charge in [0.15, 0.2) is 0 Å². The van der Waals surface area contributed by atoms with E-state index in [1.807, 2.05) is 36.4 Å². The first kappa shape index (κ1) is 15.4. The molecule has 2 aromatic rings. The highest BCUT2D eigenvalue weighted by Crippen LogP contribution is 2.17. The smallest absolute Gasteiger partial charge is 0.251 e. The molecule has 3 N–H and O–H groups in total. The number of hydrogen-bond donors (Lipinski definition) is 3. The maximum atomic E-state index is 11.8. The molecular formula is C16H17ClN2O2. The number of benzene rings is 2. The Labute approximate surface area is 128 Å².